The Morgan fingerprint density at radius 2 is 1.60 bits per heavy atom. The maximum absolute atomic E-state index is 12.7. The van der Waals surface area contributed by atoms with E-state index in [9.17, 15) is 13.2 Å². The molecule has 0 aliphatic rings. The number of sulfone groups is 1. The standard InChI is InChI=1S/C18H20BrNO4S/c1-18(2,3)24-17(21)20(15-11-9-14(19)10-12-15)13-25(22,23)16-7-5-4-6-8-16/h4-12H,13H2,1-3H3. The molecule has 0 fully saturated rings. The number of hydrogen-bond acceptors (Lipinski definition) is 4. The van der Waals surface area contributed by atoms with Gasteiger partial charge in [-0.25, -0.2) is 13.2 Å². The molecule has 0 bridgehead atoms. The number of carbonyl (C=O) groups excluding carboxylic acids is 1. The summed E-state index contributed by atoms with van der Waals surface area (Å²) in [7, 11) is -3.71. The molecular weight excluding hydrogens is 406 g/mol. The van der Waals surface area contributed by atoms with Gasteiger partial charge in [-0.15, -0.1) is 0 Å². The number of hydrogen-bond donors (Lipinski definition) is 0. The quantitative estimate of drug-likeness (QED) is 0.716. The summed E-state index contributed by atoms with van der Waals surface area (Å²) in [4.78, 5) is 13.9. The molecule has 5 nitrogen and oxygen atoms in total. The molecule has 0 aliphatic carbocycles. The molecule has 134 valence electrons. The number of benzene rings is 2. The first kappa shape index (κ1) is 19.5. The van der Waals surface area contributed by atoms with Crippen molar-refractivity contribution in [2.24, 2.45) is 0 Å². The van der Waals surface area contributed by atoms with Crippen LogP contribution in [0.25, 0.3) is 0 Å². The van der Waals surface area contributed by atoms with E-state index >= 15 is 0 Å². The maximum Gasteiger partial charge on any atom is 0.415 e. The topological polar surface area (TPSA) is 63.7 Å². The average molecular weight is 426 g/mol. The van der Waals surface area contributed by atoms with E-state index in [1.807, 2.05) is 0 Å². The summed E-state index contributed by atoms with van der Waals surface area (Å²) >= 11 is 3.33. The zero-order valence-corrected chi connectivity index (χ0v) is 16.7. The fourth-order valence-electron chi connectivity index (χ4n) is 2.04. The van der Waals surface area contributed by atoms with Gasteiger partial charge in [0.05, 0.1) is 4.90 Å². The van der Waals surface area contributed by atoms with Crippen molar-refractivity contribution in [1.82, 2.24) is 0 Å². The minimum atomic E-state index is -3.71. The molecule has 0 spiro atoms. The van der Waals surface area contributed by atoms with Crippen molar-refractivity contribution < 1.29 is 17.9 Å². The fraction of sp³-hybridized carbons (Fsp3) is 0.278. The molecular formula is C18H20BrNO4S. The lowest BCUT2D eigenvalue weighted by molar-refractivity contribution is 0.0586. The third kappa shape index (κ3) is 5.57. The Kier molecular flexibility index (Phi) is 5.90. The summed E-state index contributed by atoms with van der Waals surface area (Å²) in [5.74, 6) is -0.506. The molecule has 0 saturated carbocycles. The smallest absolute Gasteiger partial charge is 0.415 e. The molecule has 2 rings (SSSR count). The summed E-state index contributed by atoms with van der Waals surface area (Å²) in [6, 6.07) is 14.8. The van der Waals surface area contributed by atoms with Crippen LogP contribution in [0.5, 0.6) is 0 Å². The third-order valence-corrected chi connectivity index (χ3v) is 5.27. The van der Waals surface area contributed by atoms with E-state index in [0.29, 0.717) is 5.69 Å². The van der Waals surface area contributed by atoms with Crippen LogP contribution in [0.4, 0.5) is 10.5 Å². The zero-order chi connectivity index (χ0) is 18.7. The number of carbonyl (C=O) groups is 1. The van der Waals surface area contributed by atoms with Crippen LogP contribution in [0.15, 0.2) is 64.0 Å². The Balaban J connectivity index is 2.38. The highest BCUT2D eigenvalue weighted by molar-refractivity contribution is 9.10. The maximum atomic E-state index is 12.7. The molecule has 2 aromatic rings. The van der Waals surface area contributed by atoms with E-state index < -0.39 is 27.4 Å². The number of ether oxygens (including phenoxy) is 1. The fourth-order valence-corrected chi connectivity index (χ4v) is 3.62. The molecule has 0 radical (unpaired) electrons. The molecule has 7 heteroatoms. The molecule has 0 aromatic heterocycles. The molecule has 0 atom stereocenters. The Morgan fingerprint density at radius 3 is 2.12 bits per heavy atom. The highest BCUT2D eigenvalue weighted by atomic mass is 79.9. The third-order valence-electron chi connectivity index (χ3n) is 3.15. The summed E-state index contributed by atoms with van der Waals surface area (Å²) in [5.41, 5.74) is -0.293. The van der Waals surface area contributed by atoms with Gasteiger partial charge in [0.25, 0.3) is 0 Å². The molecule has 0 N–H and O–H groups in total. The Hall–Kier alpha value is -1.86. The zero-order valence-electron chi connectivity index (χ0n) is 14.3. The molecule has 0 heterocycles. The van der Waals surface area contributed by atoms with Crippen LogP contribution in [0.1, 0.15) is 20.8 Å². The van der Waals surface area contributed by atoms with Gasteiger partial charge in [-0.05, 0) is 57.2 Å². The van der Waals surface area contributed by atoms with Gasteiger partial charge in [-0.3, -0.25) is 4.90 Å². The number of nitrogens with zero attached hydrogens (tertiary/aromatic N) is 1. The van der Waals surface area contributed by atoms with E-state index in [2.05, 4.69) is 15.9 Å². The first-order valence-corrected chi connectivity index (χ1v) is 10.1. The van der Waals surface area contributed by atoms with Crippen LogP contribution in [-0.4, -0.2) is 26.0 Å². The van der Waals surface area contributed by atoms with Crippen molar-refractivity contribution >= 4 is 37.5 Å². The van der Waals surface area contributed by atoms with Gasteiger partial charge in [-0.2, -0.15) is 0 Å². The minimum absolute atomic E-state index is 0.153. The molecule has 0 unspecified atom stereocenters. The lowest BCUT2D eigenvalue weighted by Crippen LogP contribution is -2.40. The molecule has 25 heavy (non-hydrogen) atoms. The second-order valence-electron chi connectivity index (χ2n) is 6.44. The van der Waals surface area contributed by atoms with Crippen LogP contribution in [0, 0.1) is 0 Å². The van der Waals surface area contributed by atoms with Gasteiger partial charge in [0.2, 0.25) is 0 Å². The average Bonchev–Trinajstić information content (AvgIpc) is 2.53. The molecule has 0 saturated heterocycles. The van der Waals surface area contributed by atoms with Crippen molar-refractivity contribution in [3.8, 4) is 0 Å². The van der Waals surface area contributed by atoms with Gasteiger partial charge in [-0.1, -0.05) is 34.1 Å². The van der Waals surface area contributed by atoms with Gasteiger partial charge >= 0.3 is 6.09 Å². The summed E-state index contributed by atoms with van der Waals surface area (Å²) in [6.07, 6.45) is -0.714. The van der Waals surface area contributed by atoms with E-state index in [1.165, 1.54) is 12.1 Å². The number of anilines is 1. The van der Waals surface area contributed by atoms with E-state index in [4.69, 9.17) is 4.74 Å². The van der Waals surface area contributed by atoms with Crippen molar-refractivity contribution in [1.29, 1.82) is 0 Å². The lowest BCUT2D eigenvalue weighted by atomic mass is 10.2. The highest BCUT2D eigenvalue weighted by Gasteiger charge is 2.28. The highest BCUT2D eigenvalue weighted by Crippen LogP contribution is 2.23. The first-order valence-electron chi connectivity index (χ1n) is 7.62. The molecule has 0 aliphatic heterocycles. The Morgan fingerprint density at radius 1 is 1.04 bits per heavy atom. The van der Waals surface area contributed by atoms with Crippen LogP contribution in [-0.2, 0) is 14.6 Å². The molecule has 2 aromatic carbocycles. The summed E-state index contributed by atoms with van der Waals surface area (Å²) < 4.78 is 31.6. The Bertz CT molecular complexity index is 828. The minimum Gasteiger partial charge on any atom is -0.443 e. The number of halogens is 1. The Labute approximate surface area is 156 Å². The largest absolute Gasteiger partial charge is 0.443 e. The predicted molar refractivity (Wildman–Crippen MR) is 101 cm³/mol. The lowest BCUT2D eigenvalue weighted by Gasteiger charge is -2.27. The van der Waals surface area contributed by atoms with Crippen molar-refractivity contribution in [3.63, 3.8) is 0 Å². The van der Waals surface area contributed by atoms with Crippen molar-refractivity contribution in [3.05, 3.63) is 59.1 Å². The van der Waals surface area contributed by atoms with Gasteiger partial charge in [0, 0.05) is 10.2 Å². The summed E-state index contributed by atoms with van der Waals surface area (Å²) in [6.45, 7) is 5.20. The number of amides is 1. The number of rotatable bonds is 4. The first-order chi connectivity index (χ1) is 11.6. The van der Waals surface area contributed by atoms with Crippen LogP contribution in [0.3, 0.4) is 0 Å². The van der Waals surface area contributed by atoms with Gasteiger partial charge in [0.1, 0.15) is 11.5 Å². The van der Waals surface area contributed by atoms with Gasteiger partial charge < -0.3 is 4.74 Å². The molecule has 1 amide bonds. The predicted octanol–water partition coefficient (Wildman–Crippen LogP) is 4.62. The van der Waals surface area contributed by atoms with E-state index in [-0.39, 0.29) is 4.90 Å². The second-order valence-corrected chi connectivity index (χ2v) is 9.32. The van der Waals surface area contributed by atoms with Crippen LogP contribution in [0.2, 0.25) is 0 Å². The van der Waals surface area contributed by atoms with Gasteiger partial charge in [0.15, 0.2) is 9.84 Å². The van der Waals surface area contributed by atoms with E-state index in [0.717, 1.165) is 9.37 Å². The normalized spacial score (nSPS) is 11.8. The SMILES string of the molecule is CC(C)(C)OC(=O)N(CS(=O)(=O)c1ccccc1)c1ccc(Br)cc1. The second kappa shape index (κ2) is 7.58. The summed E-state index contributed by atoms with van der Waals surface area (Å²) in [5, 5.41) is 0. The van der Waals surface area contributed by atoms with Crippen molar-refractivity contribution in [2.45, 2.75) is 31.3 Å². The van der Waals surface area contributed by atoms with Crippen LogP contribution < -0.4 is 4.90 Å². The van der Waals surface area contributed by atoms with Crippen molar-refractivity contribution in [2.75, 3.05) is 10.8 Å². The van der Waals surface area contributed by atoms with E-state index in [1.54, 1.807) is 63.2 Å². The monoisotopic (exact) mass is 425 g/mol. The van der Waals surface area contributed by atoms with Crippen LogP contribution >= 0.6 is 15.9 Å².